The largest absolute Gasteiger partial charge is 0.477 e. The Bertz CT molecular complexity index is 877. The van der Waals surface area contributed by atoms with E-state index in [-0.39, 0.29) is 18.3 Å². The molecule has 156 valence electrons. The molecule has 0 aliphatic carbocycles. The molecule has 0 bridgehead atoms. The van der Waals surface area contributed by atoms with Gasteiger partial charge in [-0.15, -0.1) is 0 Å². The van der Waals surface area contributed by atoms with E-state index in [1.807, 2.05) is 0 Å². The lowest BCUT2D eigenvalue weighted by Gasteiger charge is -2.20. The summed E-state index contributed by atoms with van der Waals surface area (Å²) >= 11 is 16.5. The zero-order valence-corrected chi connectivity index (χ0v) is 17.7. The Hall–Kier alpha value is -2.09. The molecular weight excluding hydrogens is 449 g/mol. The van der Waals surface area contributed by atoms with Gasteiger partial charge in [0.05, 0.1) is 17.2 Å². The maximum Gasteiger partial charge on any atom is 0.428 e. The Balaban J connectivity index is 2.20. The SMILES string of the molecule is CCO/C(=N\C(=O)N(C)c1ccc(OC(F)(F)C(Cl)Cl)cc1)c1ccccc1Cl. The summed E-state index contributed by atoms with van der Waals surface area (Å²) in [4.78, 5) is 15.7. The first-order valence-electron chi connectivity index (χ1n) is 8.34. The molecule has 0 fully saturated rings. The van der Waals surface area contributed by atoms with Gasteiger partial charge in [-0.1, -0.05) is 46.9 Å². The van der Waals surface area contributed by atoms with Crippen LogP contribution >= 0.6 is 34.8 Å². The molecule has 0 atom stereocenters. The van der Waals surface area contributed by atoms with E-state index in [1.54, 1.807) is 31.2 Å². The minimum atomic E-state index is -3.75. The third kappa shape index (κ3) is 6.19. The first kappa shape index (κ1) is 23.2. The van der Waals surface area contributed by atoms with Gasteiger partial charge < -0.3 is 9.47 Å². The molecule has 29 heavy (non-hydrogen) atoms. The minimum Gasteiger partial charge on any atom is -0.477 e. The van der Waals surface area contributed by atoms with Gasteiger partial charge in [-0.3, -0.25) is 4.90 Å². The molecule has 0 heterocycles. The monoisotopic (exact) mass is 464 g/mol. The number of urea groups is 1. The zero-order chi connectivity index (χ0) is 21.6. The lowest BCUT2D eigenvalue weighted by atomic mass is 10.2. The van der Waals surface area contributed by atoms with Gasteiger partial charge in [-0.2, -0.15) is 13.8 Å². The number of amides is 2. The average molecular weight is 466 g/mol. The highest BCUT2D eigenvalue weighted by Crippen LogP contribution is 2.31. The van der Waals surface area contributed by atoms with Crippen molar-refractivity contribution >= 4 is 52.4 Å². The molecule has 10 heteroatoms. The second-order valence-corrected chi connectivity index (χ2v) is 7.13. The molecular formula is C19H17Cl3F2N2O3. The Kier molecular flexibility index (Phi) is 8.07. The quantitative estimate of drug-likeness (QED) is 0.292. The fourth-order valence-corrected chi connectivity index (χ4v) is 2.46. The van der Waals surface area contributed by atoms with Crippen LogP contribution in [0.3, 0.4) is 0 Å². The fraction of sp³-hybridized carbons (Fsp3) is 0.263. The van der Waals surface area contributed by atoms with Gasteiger partial charge in [0.1, 0.15) is 5.75 Å². The molecule has 2 amide bonds. The van der Waals surface area contributed by atoms with Gasteiger partial charge in [0.2, 0.25) is 10.7 Å². The van der Waals surface area contributed by atoms with E-state index in [1.165, 1.54) is 36.2 Å². The van der Waals surface area contributed by atoms with E-state index in [0.29, 0.717) is 16.3 Å². The summed E-state index contributed by atoms with van der Waals surface area (Å²) in [6.45, 7) is 2.03. The molecule has 0 radical (unpaired) electrons. The molecule has 2 rings (SSSR count). The van der Waals surface area contributed by atoms with Crippen LogP contribution in [0.1, 0.15) is 12.5 Å². The lowest BCUT2D eigenvalue weighted by molar-refractivity contribution is -0.163. The van der Waals surface area contributed by atoms with Crippen molar-refractivity contribution in [3.8, 4) is 5.75 Å². The van der Waals surface area contributed by atoms with Crippen LogP contribution in [-0.4, -0.2) is 36.5 Å². The van der Waals surface area contributed by atoms with Crippen molar-refractivity contribution in [3.63, 3.8) is 0 Å². The number of hydrogen-bond donors (Lipinski definition) is 0. The van der Waals surface area contributed by atoms with E-state index in [4.69, 9.17) is 39.5 Å². The van der Waals surface area contributed by atoms with Crippen LogP contribution in [0, 0.1) is 0 Å². The predicted octanol–water partition coefficient (Wildman–Crippen LogP) is 6.15. The predicted molar refractivity (Wildman–Crippen MR) is 111 cm³/mol. The van der Waals surface area contributed by atoms with Crippen molar-refractivity contribution < 1.29 is 23.0 Å². The van der Waals surface area contributed by atoms with Gasteiger partial charge in [-0.05, 0) is 43.3 Å². The van der Waals surface area contributed by atoms with Crippen molar-refractivity contribution in [1.29, 1.82) is 0 Å². The van der Waals surface area contributed by atoms with Crippen LogP contribution in [-0.2, 0) is 4.74 Å². The van der Waals surface area contributed by atoms with Crippen LogP contribution in [0.15, 0.2) is 53.5 Å². The van der Waals surface area contributed by atoms with E-state index in [0.717, 1.165) is 0 Å². The number of ether oxygens (including phenoxy) is 2. The highest BCUT2D eigenvalue weighted by Gasteiger charge is 2.40. The molecule has 0 spiro atoms. The number of carbonyl (C=O) groups is 1. The summed E-state index contributed by atoms with van der Waals surface area (Å²) in [6, 6.07) is 11.5. The second-order valence-electron chi connectivity index (χ2n) is 5.63. The van der Waals surface area contributed by atoms with Gasteiger partial charge in [-0.25, -0.2) is 4.79 Å². The highest BCUT2D eigenvalue weighted by molar-refractivity contribution is 6.44. The second kappa shape index (κ2) is 10.1. The van der Waals surface area contributed by atoms with Crippen molar-refractivity contribution in [3.05, 3.63) is 59.1 Å². The van der Waals surface area contributed by atoms with E-state index in [9.17, 15) is 13.6 Å². The molecule has 0 saturated heterocycles. The maximum absolute atomic E-state index is 13.4. The van der Waals surface area contributed by atoms with Crippen molar-refractivity contribution in [2.45, 2.75) is 17.9 Å². The molecule has 5 nitrogen and oxygen atoms in total. The normalized spacial score (nSPS) is 12.1. The number of carbonyl (C=O) groups excluding carboxylic acids is 1. The molecule has 0 aliphatic heterocycles. The van der Waals surface area contributed by atoms with Crippen LogP contribution in [0.25, 0.3) is 0 Å². The number of hydrogen-bond acceptors (Lipinski definition) is 3. The summed E-state index contributed by atoms with van der Waals surface area (Å²) < 4.78 is 36.8. The highest BCUT2D eigenvalue weighted by atomic mass is 35.5. The summed E-state index contributed by atoms with van der Waals surface area (Å²) in [5, 5.41) is 0.384. The number of nitrogens with zero attached hydrogens (tertiary/aromatic N) is 2. The van der Waals surface area contributed by atoms with Gasteiger partial charge in [0.25, 0.3) is 0 Å². The topological polar surface area (TPSA) is 51.1 Å². The summed E-state index contributed by atoms with van der Waals surface area (Å²) in [6.07, 6.45) is -3.75. The number of benzene rings is 2. The van der Waals surface area contributed by atoms with Crippen LogP contribution in [0.2, 0.25) is 5.02 Å². The Morgan fingerprint density at radius 3 is 2.34 bits per heavy atom. The Morgan fingerprint density at radius 1 is 1.17 bits per heavy atom. The number of rotatable bonds is 6. The average Bonchev–Trinajstić information content (AvgIpc) is 2.67. The molecule has 2 aromatic rings. The summed E-state index contributed by atoms with van der Waals surface area (Å²) in [5.41, 5.74) is 0.859. The molecule has 2 aromatic carbocycles. The molecule has 0 aliphatic rings. The van der Waals surface area contributed by atoms with E-state index < -0.39 is 17.0 Å². The maximum atomic E-state index is 13.4. The van der Waals surface area contributed by atoms with Crippen LogP contribution in [0.5, 0.6) is 5.75 Å². The number of aliphatic imine (C=N–C) groups is 1. The van der Waals surface area contributed by atoms with Crippen molar-refractivity contribution in [2.75, 3.05) is 18.6 Å². The van der Waals surface area contributed by atoms with Gasteiger partial charge >= 0.3 is 12.1 Å². The van der Waals surface area contributed by atoms with E-state index in [2.05, 4.69) is 9.73 Å². The van der Waals surface area contributed by atoms with Crippen molar-refractivity contribution in [1.82, 2.24) is 0 Å². The first-order valence-corrected chi connectivity index (χ1v) is 9.60. The fourth-order valence-electron chi connectivity index (χ4n) is 2.15. The number of halogens is 5. The van der Waals surface area contributed by atoms with E-state index >= 15 is 0 Å². The zero-order valence-electron chi connectivity index (χ0n) is 15.4. The van der Waals surface area contributed by atoms with Crippen LogP contribution < -0.4 is 9.64 Å². The number of anilines is 1. The molecule has 0 aromatic heterocycles. The Labute approximate surface area is 181 Å². The third-order valence-electron chi connectivity index (χ3n) is 3.60. The summed E-state index contributed by atoms with van der Waals surface area (Å²) in [5.74, 6) is -0.0923. The first-order chi connectivity index (χ1) is 13.7. The standard InChI is InChI=1S/C19H17Cl3F2N2O3/c1-3-28-16(14-6-4-5-7-15(14)20)25-18(27)26(2)12-8-10-13(11-9-12)29-19(23,24)17(21)22/h4-11,17H,3H2,1-2H3/b25-16-. The van der Waals surface area contributed by atoms with Crippen molar-refractivity contribution in [2.24, 2.45) is 4.99 Å². The Morgan fingerprint density at radius 2 is 1.79 bits per heavy atom. The van der Waals surface area contributed by atoms with Crippen LogP contribution in [0.4, 0.5) is 19.3 Å². The smallest absolute Gasteiger partial charge is 0.428 e. The molecule has 0 saturated carbocycles. The summed E-state index contributed by atoms with van der Waals surface area (Å²) in [7, 11) is 1.47. The minimum absolute atomic E-state index is 0.0739. The van der Waals surface area contributed by atoms with Gasteiger partial charge in [0.15, 0.2) is 0 Å². The number of alkyl halides is 4. The molecule has 0 N–H and O–H groups in total. The molecule has 0 unspecified atom stereocenters. The van der Waals surface area contributed by atoms with Gasteiger partial charge in [0, 0.05) is 12.7 Å². The lowest BCUT2D eigenvalue weighted by Crippen LogP contribution is -2.32. The third-order valence-corrected chi connectivity index (χ3v) is 4.44.